The van der Waals surface area contributed by atoms with Crippen molar-refractivity contribution in [2.45, 2.75) is 13.3 Å². The highest BCUT2D eigenvalue weighted by molar-refractivity contribution is 6.04. The molecule has 0 aliphatic rings. The first-order valence-electron chi connectivity index (χ1n) is 8.64. The normalized spacial score (nSPS) is 11.6. The predicted molar refractivity (Wildman–Crippen MR) is 103 cm³/mol. The van der Waals surface area contributed by atoms with Gasteiger partial charge in [-0.25, -0.2) is 4.98 Å². The second kappa shape index (κ2) is 5.52. The second-order valence-corrected chi connectivity index (χ2v) is 6.26. The number of pyridine rings is 3. The van der Waals surface area contributed by atoms with Crippen LogP contribution in [0.5, 0.6) is 0 Å². The number of benzene rings is 1. The van der Waals surface area contributed by atoms with Crippen molar-refractivity contribution in [2.24, 2.45) is 0 Å². The van der Waals surface area contributed by atoms with Gasteiger partial charge in [-0.3, -0.25) is 18.7 Å². The Balaban J connectivity index is 2.02. The van der Waals surface area contributed by atoms with Gasteiger partial charge in [0.05, 0.1) is 11.9 Å². The van der Waals surface area contributed by atoms with Crippen LogP contribution in [0.2, 0.25) is 0 Å². The van der Waals surface area contributed by atoms with E-state index in [4.69, 9.17) is 4.98 Å². The van der Waals surface area contributed by atoms with Gasteiger partial charge in [-0.1, -0.05) is 31.2 Å². The molecule has 4 aromatic heterocycles. The van der Waals surface area contributed by atoms with Crippen LogP contribution < -0.4 is 5.56 Å². The molecule has 5 heteroatoms. The minimum absolute atomic E-state index is 0.0650. The number of hydrogen-bond acceptors (Lipinski definition) is 3. The number of aromatic nitrogens is 4. The van der Waals surface area contributed by atoms with E-state index in [1.165, 1.54) is 0 Å². The molecule has 0 N–H and O–H groups in total. The van der Waals surface area contributed by atoms with E-state index >= 15 is 0 Å². The van der Waals surface area contributed by atoms with Crippen molar-refractivity contribution >= 4 is 27.6 Å². The Morgan fingerprint density at radius 2 is 1.77 bits per heavy atom. The molecule has 126 valence electrons. The van der Waals surface area contributed by atoms with Crippen LogP contribution >= 0.6 is 0 Å². The lowest BCUT2D eigenvalue weighted by Gasteiger charge is -2.11. The first kappa shape index (κ1) is 14.8. The third kappa shape index (κ3) is 2.00. The molecule has 5 aromatic rings. The van der Waals surface area contributed by atoms with E-state index in [0.717, 1.165) is 40.0 Å². The monoisotopic (exact) mass is 340 g/mol. The molecular weight excluding hydrogens is 324 g/mol. The zero-order valence-corrected chi connectivity index (χ0v) is 14.3. The number of hydrogen-bond donors (Lipinski definition) is 0. The average Bonchev–Trinajstić information content (AvgIpc) is 3.08. The van der Waals surface area contributed by atoms with Crippen LogP contribution in [0, 0.1) is 0 Å². The van der Waals surface area contributed by atoms with Crippen molar-refractivity contribution in [3.05, 3.63) is 83.0 Å². The van der Waals surface area contributed by atoms with Crippen molar-refractivity contribution in [3.63, 3.8) is 0 Å². The van der Waals surface area contributed by atoms with E-state index in [0.29, 0.717) is 5.39 Å². The summed E-state index contributed by atoms with van der Waals surface area (Å²) in [4.78, 5) is 22.6. The molecule has 0 bridgehead atoms. The van der Waals surface area contributed by atoms with Crippen LogP contribution in [-0.4, -0.2) is 18.9 Å². The fraction of sp³-hybridized carbons (Fsp3) is 0.0952. The van der Waals surface area contributed by atoms with E-state index in [-0.39, 0.29) is 5.56 Å². The van der Waals surface area contributed by atoms with Gasteiger partial charge in [-0.15, -0.1) is 0 Å². The molecule has 26 heavy (non-hydrogen) atoms. The van der Waals surface area contributed by atoms with Crippen LogP contribution in [0.4, 0.5) is 0 Å². The van der Waals surface area contributed by atoms with Crippen LogP contribution in [-0.2, 0) is 6.42 Å². The summed E-state index contributed by atoms with van der Waals surface area (Å²) < 4.78 is 3.67. The Morgan fingerprint density at radius 3 is 2.54 bits per heavy atom. The Hall–Kier alpha value is -3.47. The molecule has 0 fully saturated rings. The number of fused-ring (bicyclic) bond motifs is 5. The fourth-order valence-electron chi connectivity index (χ4n) is 3.47. The predicted octanol–water partition coefficient (Wildman–Crippen LogP) is 3.75. The van der Waals surface area contributed by atoms with Gasteiger partial charge >= 0.3 is 0 Å². The molecule has 0 aliphatic carbocycles. The number of aryl methyl sites for hydroxylation is 1. The van der Waals surface area contributed by atoms with Crippen LogP contribution in [0.25, 0.3) is 33.3 Å². The summed E-state index contributed by atoms with van der Waals surface area (Å²) in [5, 5.41) is 1.52. The maximum atomic E-state index is 13.3. The molecular formula is C21H16N4O. The minimum Gasteiger partial charge on any atom is -0.285 e. The maximum absolute atomic E-state index is 13.3. The SMILES string of the molecule is CCc1ccc(-n2c(=O)c3ccccc3c3nc4ccccn4c32)cn1. The Bertz CT molecular complexity index is 1330. The lowest BCUT2D eigenvalue weighted by molar-refractivity contribution is 0.973. The molecule has 0 unspecified atom stereocenters. The first-order valence-corrected chi connectivity index (χ1v) is 8.64. The summed E-state index contributed by atoms with van der Waals surface area (Å²) in [6, 6.07) is 17.4. The number of imidazole rings is 1. The molecule has 0 radical (unpaired) electrons. The molecule has 5 rings (SSSR count). The van der Waals surface area contributed by atoms with Crippen molar-refractivity contribution in [2.75, 3.05) is 0 Å². The lowest BCUT2D eigenvalue weighted by Crippen LogP contribution is -2.20. The second-order valence-electron chi connectivity index (χ2n) is 6.26. The lowest BCUT2D eigenvalue weighted by atomic mass is 10.1. The van der Waals surface area contributed by atoms with Crippen LogP contribution in [0.15, 0.2) is 71.8 Å². The van der Waals surface area contributed by atoms with Gasteiger partial charge in [0, 0.05) is 22.7 Å². The van der Waals surface area contributed by atoms with E-state index in [1.807, 2.05) is 65.2 Å². The highest BCUT2D eigenvalue weighted by atomic mass is 16.1. The topological polar surface area (TPSA) is 52.2 Å². The van der Waals surface area contributed by atoms with Crippen molar-refractivity contribution in [1.82, 2.24) is 18.9 Å². The summed E-state index contributed by atoms with van der Waals surface area (Å²) in [7, 11) is 0. The summed E-state index contributed by atoms with van der Waals surface area (Å²) in [5.74, 6) is 0. The molecule has 0 saturated heterocycles. The van der Waals surface area contributed by atoms with Crippen molar-refractivity contribution < 1.29 is 0 Å². The Kier molecular flexibility index (Phi) is 3.15. The van der Waals surface area contributed by atoms with Crippen molar-refractivity contribution in [1.29, 1.82) is 0 Å². The van der Waals surface area contributed by atoms with Crippen LogP contribution in [0.3, 0.4) is 0 Å². The third-order valence-corrected chi connectivity index (χ3v) is 4.76. The largest absolute Gasteiger partial charge is 0.285 e. The molecule has 0 spiro atoms. The zero-order valence-electron chi connectivity index (χ0n) is 14.3. The Morgan fingerprint density at radius 1 is 0.962 bits per heavy atom. The van der Waals surface area contributed by atoms with Crippen LogP contribution in [0.1, 0.15) is 12.6 Å². The molecule has 1 aromatic carbocycles. The molecule has 5 nitrogen and oxygen atoms in total. The summed E-state index contributed by atoms with van der Waals surface area (Å²) in [6.45, 7) is 2.06. The molecule has 0 saturated carbocycles. The molecule has 0 atom stereocenters. The quantitative estimate of drug-likeness (QED) is 0.492. The fourth-order valence-corrected chi connectivity index (χ4v) is 3.47. The number of rotatable bonds is 2. The summed E-state index contributed by atoms with van der Waals surface area (Å²) >= 11 is 0. The minimum atomic E-state index is -0.0650. The summed E-state index contributed by atoms with van der Waals surface area (Å²) in [6.07, 6.45) is 4.55. The number of nitrogens with zero attached hydrogens (tertiary/aromatic N) is 4. The smallest absolute Gasteiger partial charge is 0.264 e. The third-order valence-electron chi connectivity index (χ3n) is 4.76. The van der Waals surface area contributed by atoms with Gasteiger partial charge in [-0.05, 0) is 36.8 Å². The van der Waals surface area contributed by atoms with Gasteiger partial charge in [-0.2, -0.15) is 0 Å². The molecule has 0 aliphatic heterocycles. The molecule has 0 amide bonds. The standard InChI is InChI=1S/C21H16N4O/c1-2-14-10-11-15(13-22-14)25-20-19(23-18-9-5-6-12-24(18)20)16-7-3-4-8-17(16)21(25)26/h3-13H,2H2,1H3. The van der Waals surface area contributed by atoms with Gasteiger partial charge < -0.3 is 0 Å². The van der Waals surface area contributed by atoms with E-state index in [1.54, 1.807) is 10.8 Å². The van der Waals surface area contributed by atoms with Gasteiger partial charge in [0.25, 0.3) is 5.56 Å². The first-order chi connectivity index (χ1) is 12.8. The van der Waals surface area contributed by atoms with Gasteiger partial charge in [0.1, 0.15) is 11.2 Å². The van der Waals surface area contributed by atoms with E-state index in [9.17, 15) is 4.79 Å². The van der Waals surface area contributed by atoms with E-state index in [2.05, 4.69) is 11.9 Å². The van der Waals surface area contributed by atoms with E-state index < -0.39 is 0 Å². The van der Waals surface area contributed by atoms with Crippen molar-refractivity contribution in [3.8, 4) is 5.69 Å². The maximum Gasteiger partial charge on any atom is 0.264 e. The van der Waals surface area contributed by atoms with Gasteiger partial charge in [0.15, 0.2) is 5.65 Å². The average molecular weight is 340 g/mol. The zero-order chi connectivity index (χ0) is 17.7. The molecule has 4 heterocycles. The van der Waals surface area contributed by atoms with Gasteiger partial charge in [0.2, 0.25) is 0 Å². The highest BCUT2D eigenvalue weighted by Crippen LogP contribution is 2.25. The Labute approximate surface area is 149 Å². The summed E-state index contributed by atoms with van der Waals surface area (Å²) in [5.41, 5.74) is 4.06. The highest BCUT2D eigenvalue weighted by Gasteiger charge is 2.17.